The minimum atomic E-state index is -0.380. The average Bonchev–Trinajstić information content (AvgIpc) is 3.13. The summed E-state index contributed by atoms with van der Waals surface area (Å²) in [6.07, 6.45) is 2.95. The van der Waals surface area contributed by atoms with Gasteiger partial charge in [-0.3, -0.25) is 9.69 Å². The van der Waals surface area contributed by atoms with Crippen LogP contribution in [0.3, 0.4) is 0 Å². The van der Waals surface area contributed by atoms with E-state index in [2.05, 4.69) is 35.0 Å². The summed E-state index contributed by atoms with van der Waals surface area (Å²) < 4.78 is 0.975. The molecule has 1 aromatic heterocycles. The third-order valence-corrected chi connectivity index (χ3v) is 7.09. The second kappa shape index (κ2) is 7.57. The maximum atomic E-state index is 13.1. The van der Waals surface area contributed by atoms with Gasteiger partial charge in [0, 0.05) is 22.6 Å². The number of halogens is 1. The number of nitriles is 1. The number of rotatable bonds is 3. The Labute approximate surface area is 177 Å². The van der Waals surface area contributed by atoms with Crippen LogP contribution in [0.1, 0.15) is 42.5 Å². The van der Waals surface area contributed by atoms with Gasteiger partial charge in [-0.15, -0.1) is 11.3 Å². The van der Waals surface area contributed by atoms with E-state index in [9.17, 15) is 10.1 Å². The van der Waals surface area contributed by atoms with E-state index in [1.54, 1.807) is 11.3 Å². The number of para-hydroxylation sites is 1. The van der Waals surface area contributed by atoms with E-state index < -0.39 is 0 Å². The lowest BCUT2D eigenvalue weighted by Gasteiger charge is -2.40. The van der Waals surface area contributed by atoms with Gasteiger partial charge in [0.25, 0.3) is 0 Å². The first kappa shape index (κ1) is 19.0. The van der Waals surface area contributed by atoms with Crippen molar-refractivity contribution in [3.63, 3.8) is 0 Å². The van der Waals surface area contributed by atoms with Crippen molar-refractivity contribution in [1.29, 1.82) is 5.26 Å². The Morgan fingerprint density at radius 2 is 2.07 bits per heavy atom. The van der Waals surface area contributed by atoms with Gasteiger partial charge in [-0.2, -0.15) is 5.26 Å². The van der Waals surface area contributed by atoms with E-state index in [0.29, 0.717) is 17.8 Å². The van der Waals surface area contributed by atoms with Crippen molar-refractivity contribution in [2.45, 2.75) is 38.5 Å². The maximum absolute atomic E-state index is 13.1. The molecule has 4 nitrogen and oxygen atoms in total. The van der Waals surface area contributed by atoms with Gasteiger partial charge in [0.05, 0.1) is 27.0 Å². The van der Waals surface area contributed by atoms with Crippen LogP contribution in [0, 0.1) is 11.3 Å². The molecule has 1 aliphatic carbocycles. The normalized spacial score (nSPS) is 19.7. The van der Waals surface area contributed by atoms with Crippen molar-refractivity contribution in [3.8, 4) is 6.07 Å². The molecule has 6 heteroatoms. The zero-order chi connectivity index (χ0) is 19.8. The first-order chi connectivity index (χ1) is 13.6. The molecule has 0 saturated heterocycles. The van der Waals surface area contributed by atoms with E-state index in [-0.39, 0.29) is 11.7 Å². The molecule has 2 heterocycles. The lowest BCUT2D eigenvalue weighted by Crippen LogP contribution is -2.39. The Hall–Kier alpha value is -2.36. The number of nitrogens with zero attached hydrogens (tertiary/aromatic N) is 2. The molecule has 4 rings (SSSR count). The Kier molecular flexibility index (Phi) is 5.13. The average molecular weight is 454 g/mol. The van der Waals surface area contributed by atoms with Crippen LogP contribution in [-0.4, -0.2) is 5.78 Å². The summed E-state index contributed by atoms with van der Waals surface area (Å²) in [6.45, 7) is 2.10. The summed E-state index contributed by atoms with van der Waals surface area (Å²) in [6, 6.07) is 14.3. The quantitative estimate of drug-likeness (QED) is 0.676. The predicted molar refractivity (Wildman–Crippen MR) is 116 cm³/mol. The van der Waals surface area contributed by atoms with Gasteiger partial charge in [0.1, 0.15) is 5.82 Å². The zero-order valence-corrected chi connectivity index (χ0v) is 17.9. The van der Waals surface area contributed by atoms with Crippen molar-refractivity contribution in [2.24, 2.45) is 5.73 Å². The summed E-state index contributed by atoms with van der Waals surface area (Å²) in [5.41, 5.74) is 10.8. The molecule has 1 atom stereocenters. The number of anilines is 1. The molecule has 142 valence electrons. The van der Waals surface area contributed by atoms with E-state index >= 15 is 0 Å². The van der Waals surface area contributed by atoms with Crippen LogP contribution in [0.25, 0.3) is 0 Å². The molecule has 0 radical (unpaired) electrons. The Morgan fingerprint density at radius 3 is 2.75 bits per heavy atom. The molecule has 0 saturated carbocycles. The highest BCUT2D eigenvalue weighted by Gasteiger charge is 2.41. The van der Waals surface area contributed by atoms with E-state index in [0.717, 1.165) is 50.4 Å². The molecule has 2 aliphatic rings. The van der Waals surface area contributed by atoms with Gasteiger partial charge in [-0.05, 0) is 59.0 Å². The number of aryl methyl sites for hydroxylation is 1. The van der Waals surface area contributed by atoms with Crippen LogP contribution in [0.15, 0.2) is 62.8 Å². The molecule has 1 aromatic carbocycles. The highest BCUT2D eigenvalue weighted by Crippen LogP contribution is 2.48. The van der Waals surface area contributed by atoms with Crippen LogP contribution < -0.4 is 10.6 Å². The topological polar surface area (TPSA) is 70.1 Å². The largest absolute Gasteiger partial charge is 0.384 e. The molecule has 1 aliphatic heterocycles. The molecule has 0 amide bonds. The third-order valence-electron chi connectivity index (χ3n) is 5.41. The third kappa shape index (κ3) is 2.99. The van der Waals surface area contributed by atoms with Crippen LogP contribution in [0.5, 0.6) is 0 Å². The number of carbonyl (C=O) groups excluding carboxylic acids is 1. The molecule has 0 fully saturated rings. The standard InChI is InChI=1S/C22H20BrN3OS/c1-2-13-6-3-4-7-15(13)26-16-8-5-9-17(27)21(16)20(14(12-24)22(26)25)18-10-11-19(23)28-18/h3-4,6-7,10-11,20H,2,5,8-9,25H2,1H3. The van der Waals surface area contributed by atoms with Gasteiger partial charge in [0.2, 0.25) is 0 Å². The minimum absolute atomic E-state index is 0.120. The lowest BCUT2D eigenvalue weighted by molar-refractivity contribution is -0.116. The van der Waals surface area contributed by atoms with E-state index in [4.69, 9.17) is 5.73 Å². The fourth-order valence-corrected chi connectivity index (χ4v) is 5.70. The van der Waals surface area contributed by atoms with Crippen molar-refractivity contribution in [3.05, 3.63) is 73.3 Å². The molecule has 28 heavy (non-hydrogen) atoms. The smallest absolute Gasteiger partial charge is 0.161 e. The van der Waals surface area contributed by atoms with Gasteiger partial charge < -0.3 is 5.73 Å². The zero-order valence-electron chi connectivity index (χ0n) is 15.5. The number of allylic oxidation sites excluding steroid dienone is 3. The molecule has 2 N–H and O–H groups in total. The summed E-state index contributed by atoms with van der Waals surface area (Å²) in [7, 11) is 0. The van der Waals surface area contributed by atoms with Crippen LogP contribution in [0.4, 0.5) is 5.69 Å². The summed E-state index contributed by atoms with van der Waals surface area (Å²) in [5.74, 6) is 0.176. The van der Waals surface area contributed by atoms with Gasteiger partial charge in [0.15, 0.2) is 5.78 Å². The fraction of sp³-hybridized carbons (Fsp3) is 0.273. The Morgan fingerprint density at radius 1 is 1.29 bits per heavy atom. The van der Waals surface area contributed by atoms with Gasteiger partial charge in [-0.25, -0.2) is 0 Å². The molecular weight excluding hydrogens is 434 g/mol. The maximum Gasteiger partial charge on any atom is 0.161 e. The van der Waals surface area contributed by atoms with Crippen molar-refractivity contribution >= 4 is 38.7 Å². The van der Waals surface area contributed by atoms with E-state index in [1.165, 1.54) is 0 Å². The molecule has 2 aromatic rings. The molecular formula is C22H20BrN3OS. The first-order valence-electron chi connectivity index (χ1n) is 9.36. The fourth-order valence-electron chi connectivity index (χ4n) is 4.16. The SMILES string of the molecule is CCc1ccccc1N1C(N)=C(C#N)C(c2ccc(Br)s2)C2=C1CCCC2=O. The number of ketones is 1. The van der Waals surface area contributed by atoms with Gasteiger partial charge in [-0.1, -0.05) is 25.1 Å². The Bertz CT molecular complexity index is 1060. The van der Waals surface area contributed by atoms with Crippen LogP contribution >= 0.6 is 27.3 Å². The molecule has 1 unspecified atom stereocenters. The minimum Gasteiger partial charge on any atom is -0.384 e. The van der Waals surface area contributed by atoms with E-state index in [1.807, 2.05) is 35.2 Å². The van der Waals surface area contributed by atoms with Crippen molar-refractivity contribution in [1.82, 2.24) is 0 Å². The predicted octanol–water partition coefficient (Wildman–Crippen LogP) is 5.38. The number of Topliss-reactive ketones (excluding diaryl/α,β-unsaturated/α-hetero) is 1. The monoisotopic (exact) mass is 453 g/mol. The number of hydrogen-bond acceptors (Lipinski definition) is 5. The number of benzene rings is 1. The second-order valence-electron chi connectivity index (χ2n) is 6.94. The molecule has 0 bridgehead atoms. The van der Waals surface area contributed by atoms with Crippen molar-refractivity contribution < 1.29 is 4.79 Å². The first-order valence-corrected chi connectivity index (χ1v) is 11.0. The second-order valence-corrected chi connectivity index (χ2v) is 9.43. The Balaban J connectivity index is 1.99. The number of nitrogens with two attached hydrogens (primary N) is 1. The highest BCUT2D eigenvalue weighted by molar-refractivity contribution is 9.11. The van der Waals surface area contributed by atoms with Crippen LogP contribution in [-0.2, 0) is 11.2 Å². The van der Waals surface area contributed by atoms with Crippen LogP contribution in [0.2, 0.25) is 0 Å². The highest BCUT2D eigenvalue weighted by atomic mass is 79.9. The van der Waals surface area contributed by atoms with Gasteiger partial charge >= 0.3 is 0 Å². The molecule has 0 spiro atoms. The number of hydrogen-bond donors (Lipinski definition) is 1. The summed E-state index contributed by atoms with van der Waals surface area (Å²) in [4.78, 5) is 16.0. The van der Waals surface area contributed by atoms with Crippen molar-refractivity contribution in [2.75, 3.05) is 4.90 Å². The number of thiophene rings is 1. The summed E-state index contributed by atoms with van der Waals surface area (Å²) >= 11 is 5.05. The lowest BCUT2D eigenvalue weighted by atomic mass is 9.78. The number of carbonyl (C=O) groups is 1. The summed E-state index contributed by atoms with van der Waals surface area (Å²) in [5, 5.41) is 10.0.